The molecule has 0 saturated carbocycles. The summed E-state index contributed by atoms with van der Waals surface area (Å²) in [4.78, 5) is 22.8. The zero-order chi connectivity index (χ0) is 19.0. The molecule has 10 heteroatoms. The van der Waals surface area contributed by atoms with Gasteiger partial charge >= 0.3 is 5.69 Å². The van der Waals surface area contributed by atoms with E-state index in [1.165, 1.54) is 10.9 Å². The Bertz CT molecular complexity index is 988. The Hall–Kier alpha value is -2.79. The highest BCUT2D eigenvalue weighted by atomic mass is 16.6. The first-order chi connectivity index (χ1) is 13.1. The first-order valence-electron chi connectivity index (χ1n) is 8.45. The predicted octanol–water partition coefficient (Wildman–Crippen LogP) is -0.657. The summed E-state index contributed by atoms with van der Waals surface area (Å²) in [5.74, 6) is 0.388. The number of imidazole rings is 1. The Morgan fingerprint density at radius 2 is 2.00 bits per heavy atom. The van der Waals surface area contributed by atoms with Crippen LogP contribution in [0.25, 0.3) is 11.2 Å². The Morgan fingerprint density at radius 3 is 2.70 bits per heavy atom. The summed E-state index contributed by atoms with van der Waals surface area (Å²) >= 11 is 0. The minimum atomic E-state index is -1.29. The van der Waals surface area contributed by atoms with Crippen LogP contribution in [0.15, 0.2) is 41.5 Å². The monoisotopic (exact) mass is 373 g/mol. The molecule has 0 bridgehead atoms. The van der Waals surface area contributed by atoms with Crippen molar-refractivity contribution >= 4 is 17.0 Å². The number of hydrogen-bond acceptors (Lipinski definition) is 8. The average molecular weight is 373 g/mol. The SMILES string of the molecule is O=c1nc2c(ncn2[C@@H]2O[C@H](CO)[C@@H](O)[C@H]2O)c(NCc2ccccc2)[nH]1. The van der Waals surface area contributed by atoms with Crippen molar-refractivity contribution in [3.63, 3.8) is 0 Å². The zero-order valence-corrected chi connectivity index (χ0v) is 14.2. The molecule has 4 rings (SSSR count). The molecule has 2 aromatic heterocycles. The molecule has 0 spiro atoms. The minimum Gasteiger partial charge on any atom is -0.394 e. The molecule has 0 aliphatic carbocycles. The zero-order valence-electron chi connectivity index (χ0n) is 14.2. The van der Waals surface area contributed by atoms with E-state index in [-0.39, 0.29) is 5.65 Å². The van der Waals surface area contributed by atoms with E-state index in [1.807, 2.05) is 30.3 Å². The Balaban J connectivity index is 1.67. The number of H-pyrrole nitrogens is 1. The lowest BCUT2D eigenvalue weighted by atomic mass is 10.1. The number of nitrogens with one attached hydrogen (secondary N) is 2. The number of rotatable bonds is 5. The second kappa shape index (κ2) is 7.08. The normalized spacial score (nSPS) is 25.1. The van der Waals surface area contributed by atoms with Crippen LogP contribution in [0.4, 0.5) is 5.82 Å². The lowest BCUT2D eigenvalue weighted by molar-refractivity contribution is -0.0511. The number of hydrogen-bond donors (Lipinski definition) is 5. The summed E-state index contributed by atoms with van der Waals surface area (Å²) in [6, 6.07) is 9.64. The average Bonchev–Trinajstić information content (AvgIpc) is 3.22. The van der Waals surface area contributed by atoms with Crippen LogP contribution >= 0.6 is 0 Å². The van der Waals surface area contributed by atoms with Crippen molar-refractivity contribution in [3.05, 3.63) is 52.7 Å². The fraction of sp³-hybridized carbons (Fsp3) is 0.353. The third kappa shape index (κ3) is 3.19. The standard InChI is InChI=1S/C17H19N5O5/c23-7-10-12(24)13(25)16(27-10)22-8-19-11-14(20-17(26)21-15(11)22)18-6-9-4-2-1-3-5-9/h1-5,8,10,12-13,16,23-25H,6-7H2,(H2,18,20,21,26)/t10-,12-,13-,16-/m1/s1. The van der Waals surface area contributed by atoms with Gasteiger partial charge in [0.05, 0.1) is 12.9 Å². The van der Waals surface area contributed by atoms with Crippen LogP contribution in [0.3, 0.4) is 0 Å². The smallest absolute Gasteiger partial charge is 0.348 e. The van der Waals surface area contributed by atoms with Crippen LogP contribution in [-0.4, -0.2) is 59.8 Å². The van der Waals surface area contributed by atoms with Gasteiger partial charge in [-0.1, -0.05) is 30.3 Å². The molecular formula is C17H19N5O5. The topological polar surface area (TPSA) is 146 Å². The maximum Gasteiger partial charge on any atom is 0.348 e. The Morgan fingerprint density at radius 1 is 1.22 bits per heavy atom. The fourth-order valence-electron chi connectivity index (χ4n) is 3.14. The van der Waals surface area contributed by atoms with Gasteiger partial charge in [-0.2, -0.15) is 4.98 Å². The van der Waals surface area contributed by atoms with Crippen LogP contribution < -0.4 is 11.0 Å². The highest BCUT2D eigenvalue weighted by Crippen LogP contribution is 2.31. The summed E-state index contributed by atoms with van der Waals surface area (Å²) in [5.41, 5.74) is 1.02. The highest BCUT2D eigenvalue weighted by molar-refractivity contribution is 5.82. The van der Waals surface area contributed by atoms with Crippen molar-refractivity contribution in [1.82, 2.24) is 19.5 Å². The fourth-order valence-corrected chi connectivity index (χ4v) is 3.14. The largest absolute Gasteiger partial charge is 0.394 e. The van der Waals surface area contributed by atoms with E-state index in [9.17, 15) is 20.1 Å². The second-order valence-electron chi connectivity index (χ2n) is 6.31. The number of aromatic nitrogens is 4. The van der Waals surface area contributed by atoms with Gasteiger partial charge in [-0.3, -0.25) is 9.55 Å². The quantitative estimate of drug-likeness (QED) is 0.396. The summed E-state index contributed by atoms with van der Waals surface area (Å²) in [6.45, 7) is 0.0237. The van der Waals surface area contributed by atoms with Gasteiger partial charge < -0.3 is 25.4 Å². The Labute approximate surface area is 153 Å². The van der Waals surface area contributed by atoms with Crippen molar-refractivity contribution in [2.75, 3.05) is 11.9 Å². The van der Waals surface area contributed by atoms with Gasteiger partial charge in [-0.05, 0) is 5.56 Å². The lowest BCUT2D eigenvalue weighted by Crippen LogP contribution is -2.33. The van der Waals surface area contributed by atoms with Crippen LogP contribution in [0.2, 0.25) is 0 Å². The molecule has 0 unspecified atom stereocenters. The lowest BCUT2D eigenvalue weighted by Gasteiger charge is -2.16. The van der Waals surface area contributed by atoms with Gasteiger partial charge in [0.2, 0.25) is 0 Å². The van der Waals surface area contributed by atoms with Crippen molar-refractivity contribution in [1.29, 1.82) is 0 Å². The first-order valence-corrected chi connectivity index (χ1v) is 8.45. The molecule has 4 atom stereocenters. The third-order valence-corrected chi connectivity index (χ3v) is 4.55. The molecule has 142 valence electrons. The second-order valence-corrected chi connectivity index (χ2v) is 6.31. The van der Waals surface area contributed by atoms with Crippen molar-refractivity contribution in [2.24, 2.45) is 0 Å². The van der Waals surface area contributed by atoms with Crippen LogP contribution in [0, 0.1) is 0 Å². The predicted molar refractivity (Wildman–Crippen MR) is 94.9 cm³/mol. The molecule has 1 aliphatic heterocycles. The molecule has 1 saturated heterocycles. The highest BCUT2D eigenvalue weighted by Gasteiger charge is 2.44. The minimum absolute atomic E-state index is 0.198. The van der Waals surface area contributed by atoms with Crippen molar-refractivity contribution in [2.45, 2.75) is 31.1 Å². The number of fused-ring (bicyclic) bond motifs is 1. The summed E-state index contributed by atoms with van der Waals surface area (Å²) in [7, 11) is 0. The molecule has 0 amide bonds. The van der Waals surface area contributed by atoms with E-state index in [4.69, 9.17) is 4.74 Å². The molecule has 1 fully saturated rings. The maximum absolute atomic E-state index is 12.0. The summed E-state index contributed by atoms with van der Waals surface area (Å²) in [5, 5.41) is 32.5. The van der Waals surface area contributed by atoms with Gasteiger partial charge in [0.25, 0.3) is 0 Å². The number of nitrogens with zero attached hydrogens (tertiary/aromatic N) is 3. The molecule has 1 aliphatic rings. The van der Waals surface area contributed by atoms with Gasteiger partial charge in [0.1, 0.15) is 29.6 Å². The number of aliphatic hydroxyl groups is 3. The van der Waals surface area contributed by atoms with E-state index < -0.39 is 36.8 Å². The number of ether oxygens (including phenoxy) is 1. The Kier molecular flexibility index (Phi) is 4.62. The van der Waals surface area contributed by atoms with E-state index in [1.54, 1.807) is 0 Å². The number of benzene rings is 1. The molecule has 3 heterocycles. The third-order valence-electron chi connectivity index (χ3n) is 4.55. The van der Waals surface area contributed by atoms with Crippen LogP contribution in [0.1, 0.15) is 11.8 Å². The maximum atomic E-state index is 12.0. The molecule has 5 N–H and O–H groups in total. The molecule has 1 aromatic carbocycles. The van der Waals surface area contributed by atoms with Crippen molar-refractivity contribution in [3.8, 4) is 0 Å². The molecular weight excluding hydrogens is 354 g/mol. The van der Waals surface area contributed by atoms with E-state index in [0.29, 0.717) is 17.9 Å². The summed E-state index contributed by atoms with van der Waals surface area (Å²) in [6.07, 6.45) is -3.12. The van der Waals surface area contributed by atoms with Crippen molar-refractivity contribution < 1.29 is 20.1 Å². The number of aromatic amines is 1. The van der Waals surface area contributed by atoms with E-state index >= 15 is 0 Å². The first kappa shape index (κ1) is 17.6. The van der Waals surface area contributed by atoms with Gasteiger partial charge in [-0.25, -0.2) is 9.78 Å². The molecule has 0 radical (unpaired) electrons. The van der Waals surface area contributed by atoms with Gasteiger partial charge in [0, 0.05) is 6.54 Å². The van der Waals surface area contributed by atoms with Crippen LogP contribution in [0.5, 0.6) is 0 Å². The van der Waals surface area contributed by atoms with Gasteiger partial charge in [-0.15, -0.1) is 0 Å². The van der Waals surface area contributed by atoms with E-state index in [0.717, 1.165) is 5.56 Å². The number of anilines is 1. The van der Waals surface area contributed by atoms with E-state index in [2.05, 4.69) is 20.3 Å². The molecule has 3 aromatic rings. The summed E-state index contributed by atoms with van der Waals surface area (Å²) < 4.78 is 6.87. The molecule has 27 heavy (non-hydrogen) atoms. The molecule has 10 nitrogen and oxygen atoms in total. The van der Waals surface area contributed by atoms with Crippen LogP contribution in [-0.2, 0) is 11.3 Å². The number of aliphatic hydroxyl groups excluding tert-OH is 3. The van der Waals surface area contributed by atoms with Gasteiger partial charge in [0.15, 0.2) is 11.9 Å².